The van der Waals surface area contributed by atoms with E-state index in [4.69, 9.17) is 15.0 Å². The number of nitrogens with zero attached hydrogens (tertiary/aromatic N) is 1. The summed E-state index contributed by atoms with van der Waals surface area (Å²) >= 11 is 0. The molecule has 0 unspecified atom stereocenters. The average molecular weight is 302 g/mol. The number of carbonyl (C=O) groups is 1. The highest BCUT2D eigenvalue weighted by Crippen LogP contribution is 2.19. The number of ether oxygens (including phenoxy) is 2. The molecule has 0 aromatic heterocycles. The fourth-order valence-corrected chi connectivity index (χ4v) is 2.39. The summed E-state index contributed by atoms with van der Waals surface area (Å²) in [4.78, 5) is 12.9. The Balaban J connectivity index is 2.01. The molecule has 0 aliphatic carbocycles. The maximum absolute atomic E-state index is 12.3. The van der Waals surface area contributed by atoms with Crippen molar-refractivity contribution >= 4 is 6.09 Å². The van der Waals surface area contributed by atoms with Crippen LogP contribution in [0.3, 0.4) is 0 Å². The standard InChI is InChI=1S/C16H30N2O3/c1-16(2,3)21-15(19)18-10-6-14(7-11-18)20-12-13-4-8-17-9-5-13/h13-14,17H,4-12H2,1-3H3/i10D2,11D2. The van der Waals surface area contributed by atoms with Crippen molar-refractivity contribution in [2.24, 2.45) is 5.92 Å². The van der Waals surface area contributed by atoms with E-state index in [0.717, 1.165) is 25.9 Å². The second-order valence-electron chi connectivity index (χ2n) is 6.69. The van der Waals surface area contributed by atoms with E-state index in [1.165, 1.54) is 0 Å². The van der Waals surface area contributed by atoms with Crippen LogP contribution in [-0.4, -0.2) is 55.4 Å². The maximum Gasteiger partial charge on any atom is 0.410 e. The lowest BCUT2D eigenvalue weighted by Gasteiger charge is -2.34. The summed E-state index contributed by atoms with van der Waals surface area (Å²) < 4.78 is 43.8. The molecule has 2 heterocycles. The van der Waals surface area contributed by atoms with E-state index in [-0.39, 0.29) is 12.8 Å². The van der Waals surface area contributed by atoms with Crippen LogP contribution >= 0.6 is 0 Å². The van der Waals surface area contributed by atoms with Crippen molar-refractivity contribution in [2.75, 3.05) is 32.7 Å². The van der Waals surface area contributed by atoms with E-state index in [1.54, 1.807) is 20.8 Å². The summed E-state index contributed by atoms with van der Waals surface area (Å²) in [5, 5.41) is 3.28. The van der Waals surface area contributed by atoms with Crippen LogP contribution in [0.25, 0.3) is 0 Å². The highest BCUT2D eigenvalue weighted by molar-refractivity contribution is 5.68. The minimum Gasteiger partial charge on any atom is -0.444 e. The zero-order chi connectivity index (χ0) is 18.9. The van der Waals surface area contributed by atoms with E-state index in [2.05, 4.69) is 5.32 Å². The van der Waals surface area contributed by atoms with Crippen LogP contribution in [0.4, 0.5) is 4.79 Å². The van der Waals surface area contributed by atoms with Crippen molar-refractivity contribution in [3.05, 3.63) is 0 Å². The molecule has 2 rings (SSSR count). The van der Waals surface area contributed by atoms with E-state index in [9.17, 15) is 4.79 Å². The Kier molecular flexibility index (Phi) is 4.16. The van der Waals surface area contributed by atoms with E-state index >= 15 is 0 Å². The van der Waals surface area contributed by atoms with Crippen LogP contribution in [0.15, 0.2) is 0 Å². The van der Waals surface area contributed by atoms with Crippen LogP contribution in [0.2, 0.25) is 0 Å². The van der Waals surface area contributed by atoms with E-state index in [1.807, 2.05) is 0 Å². The fourth-order valence-electron chi connectivity index (χ4n) is 2.39. The lowest BCUT2D eigenvalue weighted by atomic mass is 9.99. The third-order valence-electron chi connectivity index (χ3n) is 3.56. The smallest absolute Gasteiger partial charge is 0.410 e. The van der Waals surface area contributed by atoms with Gasteiger partial charge in [0, 0.05) is 25.1 Å². The number of hydrogen-bond donors (Lipinski definition) is 1. The average Bonchev–Trinajstić information content (AvgIpc) is 2.41. The molecule has 2 saturated heterocycles. The lowest BCUT2D eigenvalue weighted by molar-refractivity contribution is -0.0235. The molecule has 2 aliphatic heterocycles. The molecule has 0 aromatic rings. The van der Waals surface area contributed by atoms with Crippen molar-refractivity contribution in [3.8, 4) is 0 Å². The minimum absolute atomic E-state index is 0.0588. The normalized spacial score (nSPS) is 30.0. The molecule has 2 fully saturated rings. The zero-order valence-corrected chi connectivity index (χ0v) is 13.3. The molecule has 0 spiro atoms. The monoisotopic (exact) mass is 302 g/mol. The van der Waals surface area contributed by atoms with Gasteiger partial charge in [-0.3, -0.25) is 0 Å². The maximum atomic E-state index is 12.3. The van der Waals surface area contributed by atoms with Gasteiger partial charge in [0.15, 0.2) is 0 Å². The Morgan fingerprint density at radius 1 is 1.24 bits per heavy atom. The number of likely N-dealkylation sites (tertiary alicyclic amines) is 1. The molecule has 0 atom stereocenters. The van der Waals surface area contributed by atoms with Gasteiger partial charge in [-0.2, -0.15) is 0 Å². The summed E-state index contributed by atoms with van der Waals surface area (Å²) in [6, 6.07) is 0. The predicted octanol–water partition coefficient (Wildman–Crippen LogP) is 2.40. The molecule has 1 N–H and O–H groups in total. The van der Waals surface area contributed by atoms with Crippen molar-refractivity contribution in [3.63, 3.8) is 0 Å². The highest BCUT2D eigenvalue weighted by atomic mass is 16.6. The molecule has 122 valence electrons. The Morgan fingerprint density at radius 3 is 2.43 bits per heavy atom. The predicted molar refractivity (Wildman–Crippen MR) is 82.4 cm³/mol. The number of carbonyl (C=O) groups excluding carboxylic acids is 1. The number of piperidine rings is 2. The first-order valence-electron chi connectivity index (χ1n) is 9.76. The first-order valence-corrected chi connectivity index (χ1v) is 7.76. The van der Waals surface area contributed by atoms with Gasteiger partial charge in [0.05, 0.1) is 6.10 Å². The van der Waals surface area contributed by atoms with Crippen molar-refractivity contribution in [1.29, 1.82) is 0 Å². The molecule has 5 heteroatoms. The summed E-state index contributed by atoms with van der Waals surface area (Å²) in [5.41, 5.74) is -0.814. The summed E-state index contributed by atoms with van der Waals surface area (Å²) in [6.45, 7) is 3.09. The molecule has 0 radical (unpaired) electrons. The topological polar surface area (TPSA) is 50.8 Å². The van der Waals surface area contributed by atoms with Gasteiger partial charge in [0.25, 0.3) is 0 Å². The second-order valence-corrected chi connectivity index (χ2v) is 6.69. The van der Waals surface area contributed by atoms with Crippen molar-refractivity contribution in [1.82, 2.24) is 10.2 Å². The van der Waals surface area contributed by atoms with Crippen molar-refractivity contribution in [2.45, 2.75) is 58.2 Å². The lowest BCUT2D eigenvalue weighted by Crippen LogP contribution is -2.43. The number of amides is 1. The van der Waals surface area contributed by atoms with Crippen LogP contribution < -0.4 is 5.32 Å². The van der Waals surface area contributed by atoms with Gasteiger partial charge < -0.3 is 19.7 Å². The van der Waals surface area contributed by atoms with Crippen LogP contribution in [-0.2, 0) is 9.47 Å². The third kappa shape index (κ3) is 5.83. The van der Waals surface area contributed by atoms with Gasteiger partial charge in [0.2, 0.25) is 0 Å². The number of nitrogens with one attached hydrogen (secondary N) is 1. The molecule has 0 bridgehead atoms. The SMILES string of the molecule is [2H]C1([2H])CC(OCC2CCNCC2)CC([2H])([2H])N1C(=O)OC(C)(C)C. The Labute approximate surface area is 134 Å². The number of rotatable bonds is 3. The van der Waals surface area contributed by atoms with Crippen LogP contribution in [0.1, 0.15) is 51.9 Å². The third-order valence-corrected chi connectivity index (χ3v) is 3.56. The molecule has 5 nitrogen and oxygen atoms in total. The Hall–Kier alpha value is -0.810. The molecular weight excluding hydrogens is 268 g/mol. The van der Waals surface area contributed by atoms with E-state index in [0.29, 0.717) is 17.4 Å². The first-order chi connectivity index (χ1) is 11.4. The van der Waals surface area contributed by atoms with E-state index < -0.39 is 30.8 Å². The molecule has 21 heavy (non-hydrogen) atoms. The van der Waals surface area contributed by atoms with Gasteiger partial charge in [-0.25, -0.2) is 4.79 Å². The Morgan fingerprint density at radius 2 is 1.86 bits per heavy atom. The highest BCUT2D eigenvalue weighted by Gasteiger charge is 2.27. The second kappa shape index (κ2) is 7.45. The van der Waals surface area contributed by atoms with Crippen molar-refractivity contribution < 1.29 is 19.8 Å². The van der Waals surface area contributed by atoms with Crippen LogP contribution in [0, 0.1) is 5.92 Å². The van der Waals surface area contributed by atoms with Gasteiger partial charge in [-0.05, 0) is 65.5 Å². The largest absolute Gasteiger partial charge is 0.444 e. The molecule has 0 saturated carbocycles. The zero-order valence-electron chi connectivity index (χ0n) is 17.3. The summed E-state index contributed by atoms with van der Waals surface area (Å²) in [7, 11) is 0. The number of hydrogen-bond acceptors (Lipinski definition) is 4. The van der Waals surface area contributed by atoms with Gasteiger partial charge >= 0.3 is 6.09 Å². The molecular formula is C16H30N2O3. The first kappa shape index (κ1) is 11.7. The summed E-state index contributed by atoms with van der Waals surface area (Å²) in [6.07, 6.45) is 0.374. The van der Waals surface area contributed by atoms with Gasteiger partial charge in [0.1, 0.15) is 5.60 Å². The minimum atomic E-state index is -2.16. The quantitative estimate of drug-likeness (QED) is 0.870. The molecule has 1 amide bonds. The fraction of sp³-hybridized carbons (Fsp3) is 0.938. The Bertz CT molecular complexity index is 458. The summed E-state index contributed by atoms with van der Waals surface area (Å²) in [5.74, 6) is 0.418. The van der Waals surface area contributed by atoms with Gasteiger partial charge in [-0.1, -0.05) is 0 Å². The molecule has 2 aliphatic rings. The van der Waals surface area contributed by atoms with Crippen LogP contribution in [0.5, 0.6) is 0 Å². The van der Waals surface area contributed by atoms with Gasteiger partial charge in [-0.15, -0.1) is 0 Å². The molecule has 0 aromatic carbocycles.